The van der Waals surface area contributed by atoms with Crippen molar-refractivity contribution in [3.8, 4) is 0 Å². The molecule has 5 heteroatoms. The molecule has 1 unspecified atom stereocenters. The maximum atomic E-state index is 6.17. The van der Waals surface area contributed by atoms with Crippen molar-refractivity contribution in [1.82, 2.24) is 10.3 Å². The number of nitrogens with zero attached hydrogens (tertiary/aromatic N) is 1. The van der Waals surface area contributed by atoms with Crippen molar-refractivity contribution in [2.45, 2.75) is 39.7 Å². The molecule has 0 amide bonds. The SMILES string of the molecule is CCCNC(c1ccc(Cl)c(Cl)c1)c1nc(CC)c(C)s1. The van der Waals surface area contributed by atoms with Crippen LogP contribution in [0.4, 0.5) is 0 Å². The fourth-order valence-corrected chi connectivity index (χ4v) is 3.65. The highest BCUT2D eigenvalue weighted by molar-refractivity contribution is 7.11. The second-order valence-electron chi connectivity index (χ2n) is 4.97. The summed E-state index contributed by atoms with van der Waals surface area (Å²) in [6.07, 6.45) is 2.03. The van der Waals surface area contributed by atoms with E-state index in [-0.39, 0.29) is 6.04 Å². The molecule has 0 saturated heterocycles. The average molecular weight is 343 g/mol. The summed E-state index contributed by atoms with van der Waals surface area (Å²) in [5.74, 6) is 0. The van der Waals surface area contributed by atoms with E-state index < -0.39 is 0 Å². The Kier molecular flexibility index (Phi) is 6.06. The van der Waals surface area contributed by atoms with Gasteiger partial charge >= 0.3 is 0 Å². The highest BCUT2D eigenvalue weighted by atomic mass is 35.5. The molecule has 2 rings (SSSR count). The molecule has 0 fully saturated rings. The van der Waals surface area contributed by atoms with Crippen LogP contribution in [0.2, 0.25) is 10.0 Å². The maximum absolute atomic E-state index is 6.17. The molecule has 0 bridgehead atoms. The first-order valence-electron chi connectivity index (χ1n) is 7.21. The predicted octanol–water partition coefficient (Wildman–Crippen LogP) is 5.41. The molecule has 2 nitrogen and oxygen atoms in total. The molecular weight excluding hydrogens is 323 g/mol. The zero-order valence-electron chi connectivity index (χ0n) is 12.5. The lowest BCUT2D eigenvalue weighted by Gasteiger charge is -2.17. The zero-order valence-corrected chi connectivity index (χ0v) is 14.9. The predicted molar refractivity (Wildman–Crippen MR) is 92.8 cm³/mol. The Morgan fingerprint density at radius 3 is 2.57 bits per heavy atom. The van der Waals surface area contributed by atoms with Crippen molar-refractivity contribution in [2.75, 3.05) is 6.54 Å². The molecule has 1 atom stereocenters. The second-order valence-corrected chi connectivity index (χ2v) is 7.02. The van der Waals surface area contributed by atoms with Gasteiger partial charge in [-0.2, -0.15) is 0 Å². The van der Waals surface area contributed by atoms with Crippen molar-refractivity contribution >= 4 is 34.5 Å². The summed E-state index contributed by atoms with van der Waals surface area (Å²) in [5.41, 5.74) is 2.28. The number of hydrogen-bond donors (Lipinski definition) is 1. The lowest BCUT2D eigenvalue weighted by molar-refractivity contribution is 0.594. The largest absolute Gasteiger partial charge is 0.304 e. The Hall–Kier alpha value is -0.610. The fraction of sp³-hybridized carbons (Fsp3) is 0.438. The molecule has 0 aliphatic carbocycles. The number of thiazole rings is 1. The van der Waals surface area contributed by atoms with E-state index in [1.807, 2.05) is 18.2 Å². The van der Waals surface area contributed by atoms with E-state index in [2.05, 4.69) is 26.1 Å². The Morgan fingerprint density at radius 2 is 2.00 bits per heavy atom. The second kappa shape index (κ2) is 7.59. The lowest BCUT2D eigenvalue weighted by Crippen LogP contribution is -2.23. The summed E-state index contributed by atoms with van der Waals surface area (Å²) in [4.78, 5) is 6.08. The van der Waals surface area contributed by atoms with E-state index in [0.717, 1.165) is 30.0 Å². The third-order valence-electron chi connectivity index (χ3n) is 3.37. The molecule has 0 radical (unpaired) electrons. The van der Waals surface area contributed by atoms with Crippen LogP contribution in [-0.4, -0.2) is 11.5 Å². The van der Waals surface area contributed by atoms with Crippen molar-refractivity contribution in [3.63, 3.8) is 0 Å². The van der Waals surface area contributed by atoms with Gasteiger partial charge < -0.3 is 5.32 Å². The van der Waals surface area contributed by atoms with Crippen molar-refractivity contribution in [1.29, 1.82) is 0 Å². The quantitative estimate of drug-likeness (QED) is 0.759. The molecule has 0 aliphatic heterocycles. The van der Waals surface area contributed by atoms with Crippen LogP contribution in [-0.2, 0) is 6.42 Å². The molecule has 0 aliphatic rings. The molecule has 114 valence electrons. The van der Waals surface area contributed by atoms with Gasteiger partial charge in [0.2, 0.25) is 0 Å². The summed E-state index contributed by atoms with van der Waals surface area (Å²) < 4.78 is 0. The van der Waals surface area contributed by atoms with Gasteiger partial charge in [-0.05, 0) is 44.0 Å². The monoisotopic (exact) mass is 342 g/mol. The topological polar surface area (TPSA) is 24.9 Å². The number of rotatable bonds is 6. The van der Waals surface area contributed by atoms with Crippen LogP contribution >= 0.6 is 34.5 Å². The Labute approximate surface area is 140 Å². The minimum Gasteiger partial charge on any atom is -0.304 e. The van der Waals surface area contributed by atoms with E-state index in [1.165, 1.54) is 10.6 Å². The number of halogens is 2. The number of aromatic nitrogens is 1. The Bertz CT molecular complexity index is 610. The molecule has 2 aromatic rings. The van der Waals surface area contributed by atoms with Gasteiger partial charge in [0, 0.05) is 4.88 Å². The average Bonchev–Trinajstić information content (AvgIpc) is 2.84. The molecular formula is C16H20Cl2N2S. The van der Waals surface area contributed by atoms with Gasteiger partial charge in [0.25, 0.3) is 0 Å². The zero-order chi connectivity index (χ0) is 15.4. The van der Waals surface area contributed by atoms with E-state index in [0.29, 0.717) is 10.0 Å². The van der Waals surface area contributed by atoms with Gasteiger partial charge in [0.1, 0.15) is 5.01 Å². The number of benzene rings is 1. The summed E-state index contributed by atoms with van der Waals surface area (Å²) in [6.45, 7) is 7.36. The highest BCUT2D eigenvalue weighted by Gasteiger charge is 2.19. The van der Waals surface area contributed by atoms with Crippen LogP contribution < -0.4 is 5.32 Å². The van der Waals surface area contributed by atoms with Gasteiger partial charge in [-0.25, -0.2) is 4.98 Å². The maximum Gasteiger partial charge on any atom is 0.115 e. The van der Waals surface area contributed by atoms with Gasteiger partial charge in [0.05, 0.1) is 21.8 Å². The smallest absolute Gasteiger partial charge is 0.115 e. The van der Waals surface area contributed by atoms with Crippen LogP contribution in [0.25, 0.3) is 0 Å². The Balaban J connectivity index is 2.38. The lowest BCUT2D eigenvalue weighted by atomic mass is 10.1. The summed E-state index contributed by atoms with van der Waals surface area (Å²) in [6, 6.07) is 5.87. The highest BCUT2D eigenvalue weighted by Crippen LogP contribution is 2.32. The molecule has 1 heterocycles. The minimum atomic E-state index is 0.0729. The van der Waals surface area contributed by atoms with Gasteiger partial charge in [-0.3, -0.25) is 0 Å². The molecule has 1 aromatic heterocycles. The first-order chi connectivity index (χ1) is 10.1. The van der Waals surface area contributed by atoms with Crippen LogP contribution in [0, 0.1) is 6.92 Å². The number of hydrogen-bond acceptors (Lipinski definition) is 3. The normalized spacial score (nSPS) is 12.6. The number of nitrogens with one attached hydrogen (secondary N) is 1. The van der Waals surface area contributed by atoms with Gasteiger partial charge in [0.15, 0.2) is 0 Å². The summed E-state index contributed by atoms with van der Waals surface area (Å²) in [7, 11) is 0. The summed E-state index contributed by atoms with van der Waals surface area (Å²) in [5, 5.41) is 5.82. The van der Waals surface area contributed by atoms with E-state index in [9.17, 15) is 0 Å². The van der Waals surface area contributed by atoms with Crippen LogP contribution in [0.3, 0.4) is 0 Å². The molecule has 0 saturated carbocycles. The fourth-order valence-electron chi connectivity index (χ4n) is 2.23. The van der Waals surface area contributed by atoms with E-state index >= 15 is 0 Å². The first kappa shape index (κ1) is 16.8. The molecule has 1 aromatic carbocycles. The van der Waals surface area contributed by atoms with Gasteiger partial charge in [-0.1, -0.05) is 43.1 Å². The summed E-state index contributed by atoms with van der Waals surface area (Å²) >= 11 is 13.9. The van der Waals surface area contributed by atoms with Gasteiger partial charge in [-0.15, -0.1) is 11.3 Å². The first-order valence-corrected chi connectivity index (χ1v) is 8.78. The number of aryl methyl sites for hydroxylation is 2. The Morgan fingerprint density at radius 1 is 1.24 bits per heavy atom. The van der Waals surface area contributed by atoms with Crippen molar-refractivity contribution < 1.29 is 0 Å². The van der Waals surface area contributed by atoms with Crippen molar-refractivity contribution in [3.05, 3.63) is 49.4 Å². The molecule has 1 N–H and O–H groups in total. The standard InChI is InChI=1S/C16H20Cl2N2S/c1-4-8-19-15(11-6-7-12(17)13(18)9-11)16-20-14(5-2)10(3)21-16/h6-7,9,15,19H,4-5,8H2,1-3H3. The minimum absolute atomic E-state index is 0.0729. The molecule has 0 spiro atoms. The third-order valence-corrected chi connectivity index (χ3v) is 5.18. The van der Waals surface area contributed by atoms with Crippen LogP contribution in [0.15, 0.2) is 18.2 Å². The van der Waals surface area contributed by atoms with E-state index in [1.54, 1.807) is 11.3 Å². The van der Waals surface area contributed by atoms with Crippen molar-refractivity contribution in [2.24, 2.45) is 0 Å². The van der Waals surface area contributed by atoms with Crippen LogP contribution in [0.5, 0.6) is 0 Å². The molecule has 21 heavy (non-hydrogen) atoms. The van der Waals surface area contributed by atoms with Crippen LogP contribution in [0.1, 0.15) is 47.5 Å². The van der Waals surface area contributed by atoms with E-state index in [4.69, 9.17) is 28.2 Å². The third kappa shape index (κ3) is 3.98.